The number of nitrogens with zero attached hydrogens (tertiary/aromatic N) is 5. The van der Waals surface area contributed by atoms with Gasteiger partial charge in [-0.15, -0.1) is 0 Å². The molecule has 6 rings (SSSR count). The summed E-state index contributed by atoms with van der Waals surface area (Å²) in [5, 5.41) is 7.36. The second-order valence-electron chi connectivity index (χ2n) is 11.4. The lowest BCUT2D eigenvalue weighted by Crippen LogP contribution is -2.52. The number of fused-ring (bicyclic) bond motifs is 1. The van der Waals surface area contributed by atoms with Crippen LogP contribution >= 0.6 is 0 Å². The number of ether oxygens (including phenoxy) is 1. The van der Waals surface area contributed by atoms with Crippen LogP contribution in [0.15, 0.2) is 71.6 Å². The van der Waals surface area contributed by atoms with E-state index in [-0.39, 0.29) is 4.90 Å². The number of piperidine rings is 1. The molecule has 11 heteroatoms. The molecule has 4 aromatic rings. The molecule has 226 valence electrons. The topological polar surface area (TPSA) is 103 Å². The molecular formula is C32H39N7O3S. The lowest BCUT2D eigenvalue weighted by molar-refractivity contribution is 0.0982. The molecule has 0 saturated carbocycles. The van der Waals surface area contributed by atoms with Crippen molar-refractivity contribution in [2.75, 3.05) is 75.2 Å². The zero-order valence-corrected chi connectivity index (χ0v) is 25.8. The van der Waals surface area contributed by atoms with E-state index in [1.165, 1.54) is 6.26 Å². The number of likely N-dealkylation sites (N-methyl/N-ethyl adjacent to an activating group) is 1. The highest BCUT2D eigenvalue weighted by molar-refractivity contribution is 7.90. The zero-order chi connectivity index (χ0) is 30.0. The van der Waals surface area contributed by atoms with Gasteiger partial charge >= 0.3 is 0 Å². The third-order valence-corrected chi connectivity index (χ3v) is 9.61. The monoisotopic (exact) mass is 601 g/mol. The SMILES string of the molecule is COc1cc(N2CCC(N3CCN(C)CC3)CC2)ccc1Nc1nc(Nc2ccccc2S(C)(=O)=O)c2ccccc2n1. The Balaban J connectivity index is 1.22. The van der Waals surface area contributed by atoms with E-state index in [2.05, 4.69) is 44.5 Å². The summed E-state index contributed by atoms with van der Waals surface area (Å²) in [5.74, 6) is 1.58. The number of benzene rings is 3. The smallest absolute Gasteiger partial charge is 0.229 e. The number of methoxy groups -OCH3 is 1. The van der Waals surface area contributed by atoms with Crippen molar-refractivity contribution in [2.45, 2.75) is 23.8 Å². The summed E-state index contributed by atoms with van der Waals surface area (Å²) in [6.07, 6.45) is 3.52. The molecule has 1 aromatic heterocycles. The van der Waals surface area contributed by atoms with Gasteiger partial charge in [-0.25, -0.2) is 13.4 Å². The van der Waals surface area contributed by atoms with E-state index >= 15 is 0 Å². The molecule has 3 heterocycles. The maximum Gasteiger partial charge on any atom is 0.229 e. The summed E-state index contributed by atoms with van der Waals surface area (Å²) in [4.78, 5) is 17.2. The molecule has 10 nitrogen and oxygen atoms in total. The average Bonchev–Trinajstić information content (AvgIpc) is 3.01. The molecule has 0 aliphatic carbocycles. The normalized spacial score (nSPS) is 17.2. The quantitative estimate of drug-likeness (QED) is 0.294. The summed E-state index contributed by atoms with van der Waals surface area (Å²) < 4.78 is 30.6. The third-order valence-electron chi connectivity index (χ3n) is 8.46. The minimum atomic E-state index is -3.45. The van der Waals surface area contributed by atoms with E-state index in [4.69, 9.17) is 14.7 Å². The number of rotatable bonds is 8. The average molecular weight is 602 g/mol. The van der Waals surface area contributed by atoms with Crippen LogP contribution in [0.1, 0.15) is 12.8 Å². The maximum absolute atomic E-state index is 12.4. The van der Waals surface area contributed by atoms with Crippen LogP contribution < -0.4 is 20.3 Å². The molecule has 0 radical (unpaired) electrons. The molecule has 43 heavy (non-hydrogen) atoms. The number of sulfone groups is 1. The Labute approximate surface area is 253 Å². The van der Waals surface area contributed by atoms with Gasteiger partial charge in [0.25, 0.3) is 0 Å². The molecule has 2 saturated heterocycles. The van der Waals surface area contributed by atoms with Crippen LogP contribution in [0.5, 0.6) is 5.75 Å². The van der Waals surface area contributed by atoms with E-state index in [1.807, 2.05) is 30.3 Å². The summed E-state index contributed by atoms with van der Waals surface area (Å²) in [5.41, 5.74) is 3.06. The molecule has 3 aromatic carbocycles. The largest absolute Gasteiger partial charge is 0.494 e. The van der Waals surface area contributed by atoms with Gasteiger partial charge in [0.2, 0.25) is 5.95 Å². The Kier molecular flexibility index (Phi) is 8.38. The molecule has 0 amide bonds. The second-order valence-corrected chi connectivity index (χ2v) is 13.4. The minimum absolute atomic E-state index is 0.206. The van der Waals surface area contributed by atoms with Gasteiger partial charge in [-0.3, -0.25) is 4.90 Å². The van der Waals surface area contributed by atoms with Crippen molar-refractivity contribution >= 4 is 49.6 Å². The molecule has 2 aliphatic heterocycles. The predicted octanol–water partition coefficient (Wildman–Crippen LogP) is 4.75. The fraction of sp³-hybridized carbons (Fsp3) is 0.375. The van der Waals surface area contributed by atoms with E-state index in [0.29, 0.717) is 29.2 Å². The minimum Gasteiger partial charge on any atom is -0.494 e. The van der Waals surface area contributed by atoms with Gasteiger partial charge < -0.3 is 25.2 Å². The summed E-state index contributed by atoms with van der Waals surface area (Å²) in [6.45, 7) is 6.66. The van der Waals surface area contributed by atoms with Crippen molar-refractivity contribution < 1.29 is 13.2 Å². The van der Waals surface area contributed by atoms with Gasteiger partial charge in [-0.1, -0.05) is 24.3 Å². The number of anilines is 5. The lowest BCUT2D eigenvalue weighted by atomic mass is 10.0. The predicted molar refractivity (Wildman–Crippen MR) is 173 cm³/mol. The Morgan fingerprint density at radius 2 is 1.56 bits per heavy atom. The van der Waals surface area contributed by atoms with Crippen molar-refractivity contribution in [1.29, 1.82) is 0 Å². The van der Waals surface area contributed by atoms with Gasteiger partial charge in [0.1, 0.15) is 11.6 Å². The highest BCUT2D eigenvalue weighted by atomic mass is 32.2. The Hall–Kier alpha value is -3.93. The molecule has 0 bridgehead atoms. The van der Waals surface area contributed by atoms with Crippen molar-refractivity contribution in [3.63, 3.8) is 0 Å². The first kappa shape index (κ1) is 29.2. The number of para-hydroxylation sites is 2. The van der Waals surface area contributed by atoms with E-state index < -0.39 is 9.84 Å². The van der Waals surface area contributed by atoms with Crippen LogP contribution in [-0.2, 0) is 9.84 Å². The first-order chi connectivity index (χ1) is 20.8. The third kappa shape index (κ3) is 6.53. The lowest BCUT2D eigenvalue weighted by Gasteiger charge is -2.42. The van der Waals surface area contributed by atoms with E-state index in [0.717, 1.165) is 74.4 Å². The van der Waals surface area contributed by atoms with Crippen LogP contribution in [0.4, 0.5) is 28.8 Å². The highest BCUT2D eigenvalue weighted by Crippen LogP contribution is 2.35. The van der Waals surface area contributed by atoms with Crippen LogP contribution in [0, 0.1) is 0 Å². The molecule has 0 unspecified atom stereocenters. The molecular weight excluding hydrogens is 562 g/mol. The van der Waals surface area contributed by atoms with Gasteiger partial charge in [0.15, 0.2) is 9.84 Å². The Bertz CT molecular complexity index is 1700. The zero-order valence-electron chi connectivity index (χ0n) is 25.0. The fourth-order valence-corrected chi connectivity index (χ4v) is 6.87. The van der Waals surface area contributed by atoms with Crippen LogP contribution in [0.2, 0.25) is 0 Å². The highest BCUT2D eigenvalue weighted by Gasteiger charge is 2.27. The van der Waals surface area contributed by atoms with Crippen LogP contribution in [-0.4, -0.2) is 93.9 Å². The number of hydrogen-bond donors (Lipinski definition) is 2. The molecule has 2 fully saturated rings. The van der Waals surface area contributed by atoms with Crippen LogP contribution in [0.25, 0.3) is 10.9 Å². The van der Waals surface area contributed by atoms with Crippen molar-refractivity contribution in [1.82, 2.24) is 19.8 Å². The number of piperazine rings is 1. The number of aromatic nitrogens is 2. The van der Waals surface area contributed by atoms with Gasteiger partial charge in [-0.2, -0.15) is 4.98 Å². The van der Waals surface area contributed by atoms with Gasteiger partial charge in [0.05, 0.1) is 28.9 Å². The van der Waals surface area contributed by atoms with E-state index in [9.17, 15) is 8.42 Å². The van der Waals surface area contributed by atoms with Gasteiger partial charge in [0, 0.05) is 68.7 Å². The van der Waals surface area contributed by atoms with Crippen LogP contribution in [0.3, 0.4) is 0 Å². The summed E-state index contributed by atoms with van der Waals surface area (Å²) in [7, 11) is 0.425. The Morgan fingerprint density at radius 1 is 0.837 bits per heavy atom. The number of nitrogens with one attached hydrogen (secondary N) is 2. The molecule has 2 N–H and O–H groups in total. The summed E-state index contributed by atoms with van der Waals surface area (Å²) >= 11 is 0. The number of hydrogen-bond acceptors (Lipinski definition) is 10. The van der Waals surface area contributed by atoms with Crippen molar-refractivity contribution in [3.05, 3.63) is 66.7 Å². The van der Waals surface area contributed by atoms with E-state index in [1.54, 1.807) is 31.4 Å². The maximum atomic E-state index is 12.4. The summed E-state index contributed by atoms with van der Waals surface area (Å²) in [6, 6.07) is 21.3. The molecule has 0 spiro atoms. The van der Waals surface area contributed by atoms with Crippen molar-refractivity contribution in [3.8, 4) is 5.75 Å². The molecule has 0 atom stereocenters. The fourth-order valence-electron chi connectivity index (χ4n) is 6.03. The standard InChI is InChI=1S/C32H39N7O3S/c1-37-18-20-39(21-19-37)23-14-16-38(17-15-23)24-12-13-27(29(22-24)42-2)35-32-34-26-9-5-4-8-25(26)31(36-32)33-28-10-6-7-11-30(28)43(3,40)41/h4-13,22-23H,14-21H2,1-3H3,(H2,33,34,35,36). The first-order valence-corrected chi connectivity index (χ1v) is 16.6. The molecule has 2 aliphatic rings. The second kappa shape index (κ2) is 12.4. The Morgan fingerprint density at radius 3 is 2.30 bits per heavy atom. The van der Waals surface area contributed by atoms with Gasteiger partial charge in [-0.05, 0) is 56.3 Å². The van der Waals surface area contributed by atoms with Crippen molar-refractivity contribution in [2.24, 2.45) is 0 Å². The first-order valence-electron chi connectivity index (χ1n) is 14.7.